The number of phenols is 2. The number of fused-ring (bicyclic) bond motifs is 4. The van der Waals surface area contributed by atoms with Crippen LogP contribution >= 0.6 is 0 Å². The lowest BCUT2D eigenvalue weighted by Crippen LogP contribution is -2.06. The summed E-state index contributed by atoms with van der Waals surface area (Å²) in [5, 5.41) is 20.8. The minimum atomic E-state index is -0.243. The predicted molar refractivity (Wildman–Crippen MR) is 134 cm³/mol. The highest BCUT2D eigenvalue weighted by Crippen LogP contribution is 2.32. The first-order valence-corrected chi connectivity index (χ1v) is 11.6. The number of ketones is 1. The Kier molecular flexibility index (Phi) is 5.26. The Bertz CT molecular complexity index is 1620. The fourth-order valence-electron chi connectivity index (χ4n) is 4.24. The second-order valence-corrected chi connectivity index (χ2v) is 8.43. The van der Waals surface area contributed by atoms with Gasteiger partial charge in [0.25, 0.3) is 0 Å². The number of benzene rings is 4. The number of carbonyl (C=O) groups excluding carboxylic acids is 1. The van der Waals surface area contributed by atoms with E-state index in [-0.39, 0.29) is 22.8 Å². The minimum Gasteiger partial charge on any atom is -0.507 e. The summed E-state index contributed by atoms with van der Waals surface area (Å²) in [6.45, 7) is 0.758. The third kappa shape index (κ3) is 3.78. The Morgan fingerprint density at radius 3 is 1.89 bits per heavy atom. The van der Waals surface area contributed by atoms with Crippen LogP contribution in [0.1, 0.15) is 22.3 Å². The van der Waals surface area contributed by atoms with E-state index < -0.39 is 0 Å². The molecule has 0 radical (unpaired) electrons. The van der Waals surface area contributed by atoms with Crippen molar-refractivity contribution in [2.45, 2.75) is 6.42 Å². The summed E-state index contributed by atoms with van der Waals surface area (Å²) in [5.41, 5.74) is 3.62. The smallest absolute Gasteiger partial charge is 0.196 e. The van der Waals surface area contributed by atoms with Gasteiger partial charge in [0.05, 0.1) is 18.8 Å². The first-order chi connectivity index (χ1) is 17.6. The van der Waals surface area contributed by atoms with Gasteiger partial charge in [-0.15, -0.1) is 14.1 Å². The highest BCUT2D eigenvalue weighted by atomic mass is 16.5. The van der Waals surface area contributed by atoms with E-state index in [1.54, 1.807) is 42.5 Å². The van der Waals surface area contributed by atoms with Crippen molar-refractivity contribution in [3.05, 3.63) is 102 Å². The van der Waals surface area contributed by atoms with E-state index in [4.69, 9.17) is 9.47 Å². The molecule has 0 fully saturated rings. The molecule has 4 aromatic carbocycles. The van der Waals surface area contributed by atoms with Crippen molar-refractivity contribution in [1.82, 2.24) is 14.1 Å². The van der Waals surface area contributed by atoms with Gasteiger partial charge >= 0.3 is 0 Å². The van der Waals surface area contributed by atoms with Crippen molar-refractivity contribution < 1.29 is 24.5 Å². The molecule has 2 N–H and O–H groups in total. The number of ether oxygens (including phenoxy) is 2. The number of aromatic nitrogens is 3. The number of aromatic hydroxyl groups is 2. The van der Waals surface area contributed by atoms with Gasteiger partial charge in [-0.3, -0.25) is 4.79 Å². The summed E-state index contributed by atoms with van der Waals surface area (Å²) in [6, 6.07) is 26.8. The van der Waals surface area contributed by atoms with Crippen molar-refractivity contribution in [1.29, 1.82) is 0 Å². The SMILES string of the molecule is O=C(c1ccccc1)c1ccc(OCCCOc2ccc(-n3n4c5ccccc5n34)c(O)c2)cc1O. The molecule has 2 heterocycles. The van der Waals surface area contributed by atoms with Gasteiger partial charge in [-0.25, -0.2) is 0 Å². The highest BCUT2D eigenvalue weighted by molar-refractivity contribution is 6.10. The molecule has 6 aromatic rings. The van der Waals surface area contributed by atoms with E-state index in [1.165, 1.54) is 6.07 Å². The third-order valence-corrected chi connectivity index (χ3v) is 6.06. The molecule has 0 atom stereocenters. The molecule has 0 spiro atoms. The van der Waals surface area contributed by atoms with Crippen molar-refractivity contribution >= 4 is 16.8 Å². The fraction of sp³-hybridized carbons (Fsp3) is 0.107. The van der Waals surface area contributed by atoms with Gasteiger partial charge in [0.2, 0.25) is 0 Å². The molecule has 8 heteroatoms. The van der Waals surface area contributed by atoms with Crippen molar-refractivity contribution in [3.8, 4) is 28.7 Å². The van der Waals surface area contributed by atoms with E-state index in [1.807, 2.05) is 56.5 Å². The first-order valence-electron chi connectivity index (χ1n) is 11.6. The maximum absolute atomic E-state index is 12.5. The quantitative estimate of drug-likeness (QED) is 0.226. The van der Waals surface area contributed by atoms with Crippen LogP contribution in [0, 0.1) is 0 Å². The Morgan fingerprint density at radius 1 is 0.694 bits per heavy atom. The molecule has 2 aromatic heterocycles. The van der Waals surface area contributed by atoms with E-state index in [9.17, 15) is 15.0 Å². The van der Waals surface area contributed by atoms with Gasteiger partial charge in [0, 0.05) is 24.1 Å². The summed E-state index contributed by atoms with van der Waals surface area (Å²) < 4.78 is 15.4. The second-order valence-electron chi connectivity index (χ2n) is 8.43. The Morgan fingerprint density at radius 2 is 1.28 bits per heavy atom. The molecule has 8 nitrogen and oxygen atoms in total. The van der Waals surface area contributed by atoms with Crippen molar-refractivity contribution in [2.24, 2.45) is 0 Å². The molecule has 6 rings (SSSR count). The molecule has 36 heavy (non-hydrogen) atoms. The topological polar surface area (TPSA) is 89.7 Å². The van der Waals surface area contributed by atoms with Crippen LogP contribution in [0.25, 0.3) is 16.7 Å². The zero-order chi connectivity index (χ0) is 24.6. The van der Waals surface area contributed by atoms with Crippen LogP contribution < -0.4 is 9.47 Å². The maximum atomic E-state index is 12.5. The van der Waals surface area contributed by atoms with Gasteiger partial charge in [-0.05, 0) is 36.4 Å². The van der Waals surface area contributed by atoms with E-state index in [0.29, 0.717) is 42.4 Å². The van der Waals surface area contributed by atoms with Gasteiger partial charge in [-0.1, -0.05) is 42.5 Å². The van der Waals surface area contributed by atoms with E-state index in [2.05, 4.69) is 0 Å². The minimum absolute atomic E-state index is 0.122. The van der Waals surface area contributed by atoms with Crippen LogP contribution in [0.5, 0.6) is 23.0 Å². The fourth-order valence-corrected chi connectivity index (χ4v) is 4.24. The van der Waals surface area contributed by atoms with Gasteiger partial charge in [-0.2, -0.15) is 0 Å². The molecule has 0 saturated carbocycles. The number of hydrogen-bond donors (Lipinski definition) is 2. The Hall–Kier alpha value is -4.85. The lowest BCUT2D eigenvalue weighted by Gasteiger charge is -2.10. The molecule has 0 saturated heterocycles. The molecule has 0 aliphatic carbocycles. The molecule has 180 valence electrons. The molecule has 0 aliphatic heterocycles. The van der Waals surface area contributed by atoms with E-state index in [0.717, 1.165) is 11.0 Å². The van der Waals surface area contributed by atoms with Crippen LogP contribution in [0.3, 0.4) is 0 Å². The monoisotopic (exact) mass is 481 g/mol. The number of para-hydroxylation sites is 2. The Labute approximate surface area is 206 Å². The molecular formula is C28H23N3O5. The van der Waals surface area contributed by atoms with Crippen LogP contribution in [-0.2, 0) is 0 Å². The molecule has 0 amide bonds. The van der Waals surface area contributed by atoms with Gasteiger partial charge in [0.1, 0.15) is 39.7 Å². The van der Waals surface area contributed by atoms with Crippen LogP contribution in [0.4, 0.5) is 0 Å². The van der Waals surface area contributed by atoms with Crippen molar-refractivity contribution in [3.63, 3.8) is 0 Å². The largest absolute Gasteiger partial charge is 0.507 e. The summed E-state index contributed by atoms with van der Waals surface area (Å²) in [6.07, 6.45) is 0.594. The lowest BCUT2D eigenvalue weighted by atomic mass is 10.0. The normalized spacial score (nSPS) is 11.4. The molecule has 0 aliphatic rings. The number of carbonyl (C=O) groups is 1. The number of nitrogens with zero attached hydrogens (tertiary/aromatic N) is 3. The summed E-state index contributed by atoms with van der Waals surface area (Å²) in [7, 11) is 0. The molecule has 0 unspecified atom stereocenters. The molecule has 0 bridgehead atoms. The number of rotatable bonds is 9. The predicted octanol–water partition coefficient (Wildman–Crippen LogP) is 4.91. The van der Waals surface area contributed by atoms with E-state index >= 15 is 0 Å². The Balaban J connectivity index is 1.01. The standard InChI is InChI=1S/C28H23N3O5/c32-26-17-20(11-13-22(26)28(34)19-7-2-1-3-8-19)35-15-6-16-36-21-12-14-25(27(33)18-21)31-29-23-9-4-5-10-24(23)30(29)31/h1-5,7-14,17-18,32-33H,6,15-16H2. The lowest BCUT2D eigenvalue weighted by molar-refractivity contribution is 0.103. The zero-order valence-corrected chi connectivity index (χ0v) is 19.2. The molecular weight excluding hydrogens is 458 g/mol. The summed E-state index contributed by atoms with van der Waals surface area (Å²) in [5.74, 6) is 0.799. The average Bonchev–Trinajstić information content (AvgIpc) is 3.55. The number of hydrogen-bond acceptors (Lipinski definition) is 5. The number of phenolic OH excluding ortho intramolecular Hbond substituents is 2. The van der Waals surface area contributed by atoms with Crippen molar-refractivity contribution in [2.75, 3.05) is 13.2 Å². The van der Waals surface area contributed by atoms with Gasteiger partial charge < -0.3 is 19.7 Å². The summed E-state index contributed by atoms with van der Waals surface area (Å²) >= 11 is 0. The average molecular weight is 482 g/mol. The van der Waals surface area contributed by atoms with Crippen LogP contribution in [-0.4, -0.2) is 43.3 Å². The highest BCUT2D eigenvalue weighted by Gasteiger charge is 2.25. The van der Waals surface area contributed by atoms with Crippen LogP contribution in [0.2, 0.25) is 0 Å². The second kappa shape index (κ2) is 8.74. The van der Waals surface area contributed by atoms with Crippen LogP contribution in [0.15, 0.2) is 91.0 Å². The summed E-state index contributed by atoms with van der Waals surface area (Å²) in [4.78, 5) is 14.4. The first kappa shape index (κ1) is 21.7. The zero-order valence-electron chi connectivity index (χ0n) is 19.2. The third-order valence-electron chi connectivity index (χ3n) is 6.06. The maximum Gasteiger partial charge on any atom is 0.196 e. The van der Waals surface area contributed by atoms with Gasteiger partial charge in [0.15, 0.2) is 5.78 Å².